The van der Waals surface area contributed by atoms with Crippen molar-refractivity contribution < 1.29 is 18.3 Å². The summed E-state index contributed by atoms with van der Waals surface area (Å²) in [6, 6.07) is 5.61. The number of pyridine rings is 2. The number of amides is 1. The minimum absolute atomic E-state index is 0.104. The lowest BCUT2D eigenvalue weighted by atomic mass is 10.2. The second-order valence-corrected chi connectivity index (χ2v) is 5.43. The minimum atomic E-state index is -3.12. The third kappa shape index (κ3) is 3.57. The van der Waals surface area contributed by atoms with Crippen LogP contribution in [0, 0.1) is 0 Å². The van der Waals surface area contributed by atoms with Crippen LogP contribution >= 0.6 is 0 Å². The van der Waals surface area contributed by atoms with Gasteiger partial charge in [-0.25, -0.2) is 9.97 Å². The Bertz CT molecular complexity index is 918. The maximum atomic E-state index is 13.4. The number of anilines is 1. The first-order valence-corrected chi connectivity index (χ1v) is 7.64. The number of nitrogens with one attached hydrogen (secondary N) is 1. The summed E-state index contributed by atoms with van der Waals surface area (Å²) in [5.41, 5.74) is 0.488. The van der Waals surface area contributed by atoms with Gasteiger partial charge in [0, 0.05) is 31.6 Å². The van der Waals surface area contributed by atoms with Gasteiger partial charge in [0.15, 0.2) is 0 Å². The molecule has 1 N–H and O–H groups in total. The summed E-state index contributed by atoms with van der Waals surface area (Å²) in [5.74, 6) is -3.29. The lowest BCUT2D eigenvalue weighted by Crippen LogP contribution is -2.18. The molecule has 0 atom stereocenters. The molecule has 0 saturated carbocycles. The van der Waals surface area contributed by atoms with Gasteiger partial charge < -0.3 is 14.5 Å². The van der Waals surface area contributed by atoms with Gasteiger partial charge in [-0.2, -0.15) is 8.78 Å². The Morgan fingerprint density at radius 2 is 2.20 bits per heavy atom. The highest BCUT2D eigenvalue weighted by molar-refractivity contribution is 6.03. The van der Waals surface area contributed by atoms with E-state index in [1.165, 1.54) is 18.2 Å². The van der Waals surface area contributed by atoms with Crippen molar-refractivity contribution in [2.75, 3.05) is 11.9 Å². The average Bonchev–Trinajstić information content (AvgIpc) is 3.02. The highest BCUT2D eigenvalue weighted by Crippen LogP contribution is 2.27. The molecule has 3 aromatic rings. The van der Waals surface area contributed by atoms with Gasteiger partial charge in [-0.1, -0.05) is 6.07 Å². The van der Waals surface area contributed by atoms with E-state index in [0.717, 1.165) is 6.92 Å². The number of rotatable bonds is 5. The van der Waals surface area contributed by atoms with Crippen LogP contribution in [0.4, 0.5) is 14.5 Å². The topological polar surface area (TPSA) is 68.5 Å². The Hall–Kier alpha value is -3.03. The molecule has 130 valence electrons. The molecule has 8 heteroatoms. The zero-order chi connectivity index (χ0) is 18.0. The second kappa shape index (κ2) is 6.46. The van der Waals surface area contributed by atoms with Crippen molar-refractivity contribution >= 4 is 17.2 Å². The summed E-state index contributed by atoms with van der Waals surface area (Å²) in [5, 5.41) is 2.65. The molecule has 25 heavy (non-hydrogen) atoms. The Kier molecular flexibility index (Phi) is 4.35. The van der Waals surface area contributed by atoms with Crippen LogP contribution in [-0.2, 0) is 5.92 Å². The average molecular weight is 346 g/mol. The van der Waals surface area contributed by atoms with Crippen LogP contribution < -0.4 is 10.1 Å². The molecule has 6 nitrogen and oxygen atoms in total. The predicted octanol–water partition coefficient (Wildman–Crippen LogP) is 3.49. The van der Waals surface area contributed by atoms with E-state index < -0.39 is 17.5 Å². The van der Waals surface area contributed by atoms with Crippen molar-refractivity contribution in [1.29, 1.82) is 0 Å². The molecule has 3 aromatic heterocycles. The lowest BCUT2D eigenvalue weighted by molar-refractivity contribution is 0.0126. The first-order chi connectivity index (χ1) is 11.9. The first kappa shape index (κ1) is 16.8. The predicted molar refractivity (Wildman–Crippen MR) is 88.1 cm³/mol. The largest absolute Gasteiger partial charge is 0.491 e. The lowest BCUT2D eigenvalue weighted by Gasteiger charge is -2.13. The molecule has 0 radical (unpaired) electrons. The molecule has 3 heterocycles. The summed E-state index contributed by atoms with van der Waals surface area (Å²) in [4.78, 5) is 20.3. The Labute approximate surface area is 142 Å². The number of nitrogens with zero attached hydrogens (tertiary/aromatic N) is 3. The fourth-order valence-electron chi connectivity index (χ4n) is 2.30. The summed E-state index contributed by atoms with van der Waals surface area (Å²) in [6.07, 6.45) is 4.98. The van der Waals surface area contributed by atoms with Crippen LogP contribution in [0.2, 0.25) is 0 Å². The summed E-state index contributed by atoms with van der Waals surface area (Å²) in [6.45, 7) is 2.95. The van der Waals surface area contributed by atoms with Crippen LogP contribution in [0.15, 0.2) is 42.9 Å². The monoisotopic (exact) mass is 346 g/mol. The van der Waals surface area contributed by atoms with Crippen molar-refractivity contribution in [2.24, 2.45) is 0 Å². The fraction of sp³-hybridized carbons (Fsp3) is 0.235. The molecule has 0 spiro atoms. The van der Waals surface area contributed by atoms with Gasteiger partial charge in [0.1, 0.15) is 28.5 Å². The number of aromatic nitrogens is 3. The molecule has 0 aliphatic carbocycles. The number of imidazole rings is 1. The van der Waals surface area contributed by atoms with E-state index >= 15 is 0 Å². The standard InChI is InChI=1S/C17H16F2N4O2/c1-3-25-13-9-15-20-7-8-23(15)10-12(13)22-16(24)11-5-4-6-14(21-11)17(2,18)19/h4-10H,3H2,1-2H3,(H,22,24). The Morgan fingerprint density at radius 3 is 2.92 bits per heavy atom. The molecular weight excluding hydrogens is 330 g/mol. The van der Waals surface area contributed by atoms with Crippen LogP contribution in [0.25, 0.3) is 5.65 Å². The number of halogens is 2. The zero-order valence-corrected chi connectivity index (χ0v) is 13.7. The quantitative estimate of drug-likeness (QED) is 0.768. The van der Waals surface area contributed by atoms with E-state index in [-0.39, 0.29) is 5.69 Å². The van der Waals surface area contributed by atoms with Crippen molar-refractivity contribution in [3.05, 3.63) is 54.2 Å². The van der Waals surface area contributed by atoms with Gasteiger partial charge >= 0.3 is 0 Å². The van der Waals surface area contributed by atoms with Gasteiger partial charge in [0.05, 0.1) is 6.61 Å². The Balaban J connectivity index is 1.92. The first-order valence-electron chi connectivity index (χ1n) is 7.64. The van der Waals surface area contributed by atoms with E-state index in [9.17, 15) is 13.6 Å². The Morgan fingerprint density at radius 1 is 1.40 bits per heavy atom. The number of ether oxygens (including phenoxy) is 1. The number of carbonyl (C=O) groups is 1. The maximum Gasteiger partial charge on any atom is 0.287 e. The van der Waals surface area contributed by atoms with E-state index in [1.807, 2.05) is 6.92 Å². The summed E-state index contributed by atoms with van der Waals surface area (Å²) >= 11 is 0. The molecular formula is C17H16F2N4O2. The van der Waals surface area contributed by atoms with Gasteiger partial charge in [-0.15, -0.1) is 0 Å². The van der Waals surface area contributed by atoms with Crippen LogP contribution in [-0.4, -0.2) is 26.9 Å². The zero-order valence-electron chi connectivity index (χ0n) is 13.7. The van der Waals surface area contributed by atoms with Gasteiger partial charge in [0.25, 0.3) is 11.8 Å². The number of carbonyl (C=O) groups excluding carboxylic acids is 1. The fourth-order valence-corrected chi connectivity index (χ4v) is 2.30. The van der Waals surface area contributed by atoms with Crippen LogP contribution in [0.3, 0.4) is 0 Å². The van der Waals surface area contributed by atoms with Gasteiger partial charge in [0.2, 0.25) is 0 Å². The van der Waals surface area contributed by atoms with E-state index in [4.69, 9.17) is 4.74 Å². The normalized spacial score (nSPS) is 11.5. The van der Waals surface area contributed by atoms with Crippen molar-refractivity contribution in [2.45, 2.75) is 19.8 Å². The third-order valence-corrected chi connectivity index (χ3v) is 3.47. The summed E-state index contributed by atoms with van der Waals surface area (Å²) < 4.78 is 34.0. The van der Waals surface area contributed by atoms with E-state index in [2.05, 4.69) is 15.3 Å². The maximum absolute atomic E-state index is 13.4. The van der Waals surface area contributed by atoms with Gasteiger partial charge in [-0.05, 0) is 19.1 Å². The smallest absolute Gasteiger partial charge is 0.287 e. The molecule has 1 amide bonds. The molecule has 0 unspecified atom stereocenters. The van der Waals surface area contributed by atoms with Gasteiger partial charge in [-0.3, -0.25) is 4.79 Å². The molecule has 0 bridgehead atoms. The number of alkyl halides is 2. The minimum Gasteiger partial charge on any atom is -0.491 e. The van der Waals surface area contributed by atoms with Crippen LogP contribution in [0.1, 0.15) is 30.0 Å². The second-order valence-electron chi connectivity index (χ2n) is 5.43. The molecule has 0 saturated heterocycles. The number of hydrogen-bond donors (Lipinski definition) is 1. The van der Waals surface area contributed by atoms with Crippen molar-refractivity contribution in [3.63, 3.8) is 0 Å². The molecule has 0 aliphatic rings. The van der Waals surface area contributed by atoms with E-state index in [0.29, 0.717) is 23.7 Å². The molecule has 0 aliphatic heterocycles. The van der Waals surface area contributed by atoms with E-state index in [1.54, 1.807) is 29.1 Å². The third-order valence-electron chi connectivity index (χ3n) is 3.47. The molecule has 0 fully saturated rings. The molecule has 0 aromatic carbocycles. The highest BCUT2D eigenvalue weighted by Gasteiger charge is 2.27. The number of fused-ring (bicyclic) bond motifs is 1. The van der Waals surface area contributed by atoms with Crippen LogP contribution in [0.5, 0.6) is 5.75 Å². The molecule has 3 rings (SSSR count). The number of hydrogen-bond acceptors (Lipinski definition) is 4. The van der Waals surface area contributed by atoms with Crippen molar-refractivity contribution in [3.8, 4) is 5.75 Å². The highest BCUT2D eigenvalue weighted by atomic mass is 19.3. The summed E-state index contributed by atoms with van der Waals surface area (Å²) in [7, 11) is 0. The van der Waals surface area contributed by atoms with Crippen molar-refractivity contribution in [1.82, 2.24) is 14.4 Å². The SMILES string of the molecule is CCOc1cc2nccn2cc1NC(=O)c1cccc(C(C)(F)F)n1.